The van der Waals surface area contributed by atoms with Crippen LogP contribution >= 0.6 is 11.5 Å². The van der Waals surface area contributed by atoms with E-state index in [0.29, 0.717) is 6.61 Å². The van der Waals surface area contributed by atoms with E-state index in [1.807, 2.05) is 12.1 Å². The number of anilines is 1. The molecule has 0 atom stereocenters. The Morgan fingerprint density at radius 3 is 2.94 bits per heavy atom. The molecule has 2 aromatic heterocycles. The summed E-state index contributed by atoms with van der Waals surface area (Å²) in [5, 5.41) is 3.95. The minimum Gasteiger partial charge on any atom is -0.383 e. The van der Waals surface area contributed by atoms with Crippen LogP contribution in [-0.2, 0) is 4.74 Å². The third-order valence-electron chi connectivity index (χ3n) is 1.95. The number of pyridine rings is 1. The van der Waals surface area contributed by atoms with E-state index in [4.69, 9.17) is 4.74 Å². The molecule has 0 aromatic carbocycles. The molecule has 2 aromatic rings. The summed E-state index contributed by atoms with van der Waals surface area (Å²) in [5.41, 5.74) is 0.978. The van der Waals surface area contributed by atoms with E-state index < -0.39 is 0 Å². The molecule has 0 aliphatic heterocycles. The fourth-order valence-electron chi connectivity index (χ4n) is 1.17. The normalized spacial score (nSPS) is 10.3. The highest BCUT2D eigenvalue weighted by Crippen LogP contribution is 2.19. The molecule has 2 rings (SSSR count). The maximum absolute atomic E-state index is 4.94. The van der Waals surface area contributed by atoms with Crippen LogP contribution in [-0.4, -0.2) is 34.6 Å². The number of nitrogens with one attached hydrogen (secondary N) is 1. The monoisotopic (exact) mass is 236 g/mol. The van der Waals surface area contributed by atoms with Crippen molar-refractivity contribution in [1.82, 2.24) is 14.3 Å². The number of rotatable bonds is 5. The summed E-state index contributed by atoms with van der Waals surface area (Å²) in [6.07, 6.45) is 3.46. The Morgan fingerprint density at radius 2 is 2.19 bits per heavy atom. The molecule has 6 heteroatoms. The largest absolute Gasteiger partial charge is 0.383 e. The predicted molar refractivity (Wildman–Crippen MR) is 63.5 cm³/mol. The van der Waals surface area contributed by atoms with Crippen LogP contribution in [0.25, 0.3) is 11.4 Å². The summed E-state index contributed by atoms with van der Waals surface area (Å²) < 4.78 is 9.21. The molecule has 0 aliphatic rings. The highest BCUT2D eigenvalue weighted by Gasteiger charge is 2.05. The first-order chi connectivity index (χ1) is 7.90. The van der Waals surface area contributed by atoms with Gasteiger partial charge in [0.15, 0.2) is 5.82 Å². The van der Waals surface area contributed by atoms with Crippen LogP contribution in [0.5, 0.6) is 0 Å². The van der Waals surface area contributed by atoms with Crippen molar-refractivity contribution in [3.05, 3.63) is 24.5 Å². The maximum atomic E-state index is 4.94. The Bertz CT molecular complexity index is 431. The van der Waals surface area contributed by atoms with E-state index >= 15 is 0 Å². The highest BCUT2D eigenvalue weighted by molar-refractivity contribution is 7.09. The van der Waals surface area contributed by atoms with Crippen LogP contribution in [0.4, 0.5) is 5.13 Å². The summed E-state index contributed by atoms with van der Waals surface area (Å²) in [6, 6.07) is 3.78. The average Bonchev–Trinajstić information content (AvgIpc) is 2.79. The van der Waals surface area contributed by atoms with E-state index in [1.165, 1.54) is 11.5 Å². The Hall–Kier alpha value is -1.53. The van der Waals surface area contributed by atoms with Crippen molar-refractivity contribution in [3.8, 4) is 11.4 Å². The van der Waals surface area contributed by atoms with Crippen LogP contribution in [0.3, 0.4) is 0 Å². The van der Waals surface area contributed by atoms with Crippen molar-refractivity contribution < 1.29 is 4.74 Å². The lowest BCUT2D eigenvalue weighted by Crippen LogP contribution is -2.06. The zero-order chi connectivity index (χ0) is 11.2. The Kier molecular flexibility index (Phi) is 3.79. The quantitative estimate of drug-likeness (QED) is 0.800. The van der Waals surface area contributed by atoms with Crippen LogP contribution in [0.2, 0.25) is 0 Å². The fraction of sp³-hybridized carbons (Fsp3) is 0.300. The molecule has 0 unspecified atom stereocenters. The van der Waals surface area contributed by atoms with Gasteiger partial charge in [-0.1, -0.05) is 0 Å². The van der Waals surface area contributed by atoms with Gasteiger partial charge in [-0.3, -0.25) is 4.98 Å². The summed E-state index contributed by atoms with van der Waals surface area (Å²) >= 11 is 1.35. The molecule has 0 fully saturated rings. The molecule has 0 spiro atoms. The van der Waals surface area contributed by atoms with Gasteiger partial charge in [-0.2, -0.15) is 9.36 Å². The molecule has 5 nitrogen and oxygen atoms in total. The molecule has 0 aliphatic carbocycles. The van der Waals surface area contributed by atoms with Gasteiger partial charge in [0.05, 0.1) is 6.61 Å². The minimum atomic E-state index is 0.657. The van der Waals surface area contributed by atoms with E-state index in [0.717, 1.165) is 23.1 Å². The second kappa shape index (κ2) is 5.53. The summed E-state index contributed by atoms with van der Waals surface area (Å²) in [5.74, 6) is 0.729. The lowest BCUT2D eigenvalue weighted by atomic mass is 10.3. The Labute approximate surface area is 97.7 Å². The number of nitrogens with zero attached hydrogens (tertiary/aromatic N) is 3. The van der Waals surface area contributed by atoms with Gasteiger partial charge in [-0.15, -0.1) is 0 Å². The van der Waals surface area contributed by atoms with Crippen molar-refractivity contribution in [1.29, 1.82) is 0 Å². The molecule has 2 heterocycles. The van der Waals surface area contributed by atoms with Gasteiger partial charge in [-0.25, -0.2) is 0 Å². The number of ether oxygens (including phenoxy) is 1. The lowest BCUT2D eigenvalue weighted by molar-refractivity contribution is 0.211. The van der Waals surface area contributed by atoms with Gasteiger partial charge in [0.25, 0.3) is 0 Å². The van der Waals surface area contributed by atoms with E-state index in [2.05, 4.69) is 19.7 Å². The number of aromatic nitrogens is 3. The van der Waals surface area contributed by atoms with Crippen molar-refractivity contribution in [3.63, 3.8) is 0 Å². The van der Waals surface area contributed by atoms with Crippen molar-refractivity contribution >= 4 is 16.7 Å². The van der Waals surface area contributed by atoms with Crippen molar-refractivity contribution in [2.45, 2.75) is 0 Å². The molecule has 0 amide bonds. The third-order valence-corrected chi connectivity index (χ3v) is 2.62. The second-order valence-corrected chi connectivity index (χ2v) is 3.83. The van der Waals surface area contributed by atoms with E-state index in [-0.39, 0.29) is 0 Å². The first-order valence-corrected chi connectivity index (χ1v) is 5.64. The third kappa shape index (κ3) is 2.74. The minimum absolute atomic E-state index is 0.657. The molecular weight excluding hydrogens is 224 g/mol. The van der Waals surface area contributed by atoms with Gasteiger partial charge in [-0.05, 0) is 12.1 Å². The van der Waals surface area contributed by atoms with Crippen LogP contribution in [0.1, 0.15) is 0 Å². The summed E-state index contributed by atoms with van der Waals surface area (Å²) in [4.78, 5) is 8.32. The summed E-state index contributed by atoms with van der Waals surface area (Å²) in [7, 11) is 1.67. The van der Waals surface area contributed by atoms with Crippen molar-refractivity contribution in [2.75, 3.05) is 25.6 Å². The predicted octanol–water partition coefficient (Wildman–Crippen LogP) is 1.66. The molecule has 16 heavy (non-hydrogen) atoms. The zero-order valence-electron chi connectivity index (χ0n) is 8.88. The van der Waals surface area contributed by atoms with Gasteiger partial charge < -0.3 is 10.1 Å². The molecule has 84 valence electrons. The fourth-order valence-corrected chi connectivity index (χ4v) is 1.79. The van der Waals surface area contributed by atoms with Gasteiger partial charge in [0.2, 0.25) is 5.13 Å². The van der Waals surface area contributed by atoms with Crippen molar-refractivity contribution in [2.24, 2.45) is 0 Å². The maximum Gasteiger partial charge on any atom is 0.202 e. The van der Waals surface area contributed by atoms with Crippen LogP contribution in [0.15, 0.2) is 24.5 Å². The molecule has 0 radical (unpaired) electrons. The molecular formula is C10H12N4OS. The Morgan fingerprint density at radius 1 is 1.38 bits per heavy atom. The zero-order valence-corrected chi connectivity index (χ0v) is 9.70. The number of hydrogen-bond acceptors (Lipinski definition) is 6. The standard InChI is InChI=1S/C10H12N4OS/c1-15-7-6-12-10-13-9(14-16-10)8-2-4-11-5-3-8/h2-5H,6-7H2,1H3,(H,12,13,14). The molecule has 1 N–H and O–H groups in total. The summed E-state index contributed by atoms with van der Waals surface area (Å²) in [6.45, 7) is 1.39. The van der Waals surface area contributed by atoms with E-state index in [1.54, 1.807) is 19.5 Å². The lowest BCUT2D eigenvalue weighted by Gasteiger charge is -1.98. The topological polar surface area (TPSA) is 59.9 Å². The smallest absolute Gasteiger partial charge is 0.202 e. The number of hydrogen-bond donors (Lipinski definition) is 1. The highest BCUT2D eigenvalue weighted by atomic mass is 32.1. The first kappa shape index (κ1) is 11.0. The van der Waals surface area contributed by atoms with E-state index in [9.17, 15) is 0 Å². The second-order valence-electron chi connectivity index (χ2n) is 3.08. The average molecular weight is 236 g/mol. The SMILES string of the molecule is COCCNc1nc(-c2ccncc2)ns1. The molecule has 0 saturated heterocycles. The van der Waals surface area contributed by atoms with Gasteiger partial charge in [0.1, 0.15) is 0 Å². The molecule has 0 saturated carbocycles. The molecule has 0 bridgehead atoms. The van der Waals surface area contributed by atoms with Crippen LogP contribution < -0.4 is 5.32 Å². The first-order valence-electron chi connectivity index (χ1n) is 4.87. The Balaban J connectivity index is 2.02. The number of methoxy groups -OCH3 is 1. The van der Waals surface area contributed by atoms with Gasteiger partial charge in [0, 0.05) is 43.1 Å². The van der Waals surface area contributed by atoms with Gasteiger partial charge >= 0.3 is 0 Å². The van der Waals surface area contributed by atoms with Crippen LogP contribution in [0, 0.1) is 0 Å².